The summed E-state index contributed by atoms with van der Waals surface area (Å²) in [6, 6.07) is 9.08. The molecule has 4 aromatic rings. The van der Waals surface area contributed by atoms with Crippen LogP contribution in [0.15, 0.2) is 35.7 Å². The highest BCUT2D eigenvalue weighted by molar-refractivity contribution is 7.21. The normalized spacial score (nSPS) is 13.4. The van der Waals surface area contributed by atoms with Gasteiger partial charge in [-0.1, -0.05) is 0 Å². The molecule has 0 bridgehead atoms. The summed E-state index contributed by atoms with van der Waals surface area (Å²) in [6.07, 6.45) is -0.871. The predicted molar refractivity (Wildman–Crippen MR) is 122 cm³/mol. The molecular weight excluding hydrogens is 452 g/mol. The maximum atomic E-state index is 12.2. The molecule has 3 heterocycles. The van der Waals surface area contributed by atoms with Gasteiger partial charge in [-0.3, -0.25) is 4.79 Å². The molecule has 2 aromatic carbocycles. The van der Waals surface area contributed by atoms with E-state index in [2.05, 4.69) is 10.3 Å². The fourth-order valence-electron chi connectivity index (χ4n) is 3.35. The monoisotopic (exact) mass is 472 g/mol. The molecule has 5 rings (SSSR count). The number of fused-ring (bicyclic) bond motifs is 4. The number of hydrogen-bond donors (Lipinski definition) is 2. The molecule has 0 radical (unpaired) electrons. The van der Waals surface area contributed by atoms with Gasteiger partial charge in [0.25, 0.3) is 5.91 Å². The summed E-state index contributed by atoms with van der Waals surface area (Å²) in [7, 11) is 0. The minimum absolute atomic E-state index is 0.0255. The lowest BCUT2D eigenvalue weighted by Crippen LogP contribution is -2.37. The van der Waals surface area contributed by atoms with E-state index in [1.165, 1.54) is 0 Å². The quantitative estimate of drug-likeness (QED) is 0.405. The first-order valence-corrected chi connectivity index (χ1v) is 11.6. The van der Waals surface area contributed by atoms with Crippen molar-refractivity contribution in [1.29, 1.82) is 0 Å². The van der Waals surface area contributed by atoms with Crippen molar-refractivity contribution in [2.24, 2.45) is 0 Å². The van der Waals surface area contributed by atoms with Gasteiger partial charge >= 0.3 is 0 Å². The maximum Gasteiger partial charge on any atom is 0.258 e. The summed E-state index contributed by atoms with van der Waals surface area (Å²) in [6.45, 7) is 2.08. The number of rotatable bonds is 8. The molecule has 0 aliphatic carbocycles. The lowest BCUT2D eigenvalue weighted by molar-refractivity contribution is -0.123. The number of aliphatic hydroxyl groups is 1. The molecule has 0 fully saturated rings. The van der Waals surface area contributed by atoms with E-state index < -0.39 is 6.10 Å². The summed E-state index contributed by atoms with van der Waals surface area (Å²) in [4.78, 5) is 16.8. The van der Waals surface area contributed by atoms with Crippen LogP contribution in [0.1, 0.15) is 5.01 Å². The molecule has 32 heavy (non-hydrogen) atoms. The van der Waals surface area contributed by atoms with Crippen LogP contribution in [0.4, 0.5) is 0 Å². The zero-order valence-electron chi connectivity index (χ0n) is 17.1. The molecule has 1 atom stereocenters. The Balaban J connectivity index is 1.12. The van der Waals surface area contributed by atoms with Gasteiger partial charge in [-0.25, -0.2) is 4.98 Å². The minimum Gasteiger partial charge on any atom is -0.491 e. The SMILES string of the molecule is Cc1nc2c(cc(OCC(=O)NCC(O)COc3ccc4c(c3)OCO4)c3ccsc32)s1. The van der Waals surface area contributed by atoms with Gasteiger partial charge < -0.3 is 29.4 Å². The Bertz CT molecular complexity index is 1280. The summed E-state index contributed by atoms with van der Waals surface area (Å²) in [5.74, 6) is 2.15. The molecule has 1 aliphatic rings. The predicted octanol–water partition coefficient (Wildman–Crippen LogP) is 3.48. The number of carbonyl (C=O) groups is 1. The minimum atomic E-state index is -0.871. The molecular formula is C22H20N2O6S2. The standard InChI is InChI=1S/C22H20N2O6S2/c1-12-24-21-19(32-12)7-17(15-4-5-31-22(15)21)28-10-20(26)23-8-13(25)9-27-14-2-3-16-18(6-14)30-11-29-16/h2-7,13,25H,8-11H2,1H3,(H,23,26). The summed E-state index contributed by atoms with van der Waals surface area (Å²) in [5.41, 5.74) is 0.972. The number of thiophene rings is 1. The van der Waals surface area contributed by atoms with Gasteiger partial charge in [0.05, 0.1) is 19.9 Å². The smallest absolute Gasteiger partial charge is 0.258 e. The fraction of sp³-hybridized carbons (Fsp3) is 0.273. The van der Waals surface area contributed by atoms with Crippen molar-refractivity contribution < 1.29 is 28.8 Å². The molecule has 8 nitrogen and oxygen atoms in total. The first kappa shape index (κ1) is 20.8. The number of benzene rings is 2. The number of ether oxygens (including phenoxy) is 4. The summed E-state index contributed by atoms with van der Waals surface area (Å²) >= 11 is 3.20. The van der Waals surface area contributed by atoms with Gasteiger partial charge in [0.1, 0.15) is 24.2 Å². The Hall–Kier alpha value is -3.08. The number of nitrogens with zero attached hydrogens (tertiary/aromatic N) is 1. The highest BCUT2D eigenvalue weighted by Gasteiger charge is 2.16. The Morgan fingerprint density at radius 2 is 2.12 bits per heavy atom. The Morgan fingerprint density at radius 1 is 1.25 bits per heavy atom. The Labute approximate surface area is 191 Å². The van der Waals surface area contributed by atoms with Gasteiger partial charge in [0.2, 0.25) is 6.79 Å². The van der Waals surface area contributed by atoms with Crippen LogP contribution in [0, 0.1) is 6.92 Å². The van der Waals surface area contributed by atoms with Crippen LogP contribution in [0.25, 0.3) is 20.3 Å². The summed E-state index contributed by atoms with van der Waals surface area (Å²) in [5, 5.41) is 16.7. The molecule has 2 aromatic heterocycles. The maximum absolute atomic E-state index is 12.2. The molecule has 1 aliphatic heterocycles. The summed E-state index contributed by atoms with van der Waals surface area (Å²) < 4.78 is 24.0. The number of nitrogens with one attached hydrogen (secondary N) is 1. The molecule has 1 amide bonds. The van der Waals surface area contributed by atoms with Gasteiger partial charge in [0, 0.05) is 24.1 Å². The second kappa shape index (κ2) is 8.81. The topological polar surface area (TPSA) is 99.1 Å². The van der Waals surface area contributed by atoms with Crippen LogP contribution in [0.3, 0.4) is 0 Å². The molecule has 10 heteroatoms. The van der Waals surface area contributed by atoms with Crippen molar-refractivity contribution in [2.45, 2.75) is 13.0 Å². The lowest BCUT2D eigenvalue weighted by Gasteiger charge is -2.14. The van der Waals surface area contributed by atoms with Crippen LogP contribution >= 0.6 is 22.7 Å². The zero-order chi connectivity index (χ0) is 22.1. The molecule has 0 saturated heterocycles. The average molecular weight is 473 g/mol. The number of hydrogen-bond acceptors (Lipinski definition) is 9. The van der Waals surface area contributed by atoms with Crippen LogP contribution in [0.5, 0.6) is 23.0 Å². The molecule has 0 saturated carbocycles. The van der Waals surface area contributed by atoms with Crippen LogP contribution in [0.2, 0.25) is 0 Å². The third-order valence-electron chi connectivity index (χ3n) is 4.85. The van der Waals surface area contributed by atoms with E-state index in [1.807, 2.05) is 24.4 Å². The van der Waals surface area contributed by atoms with E-state index >= 15 is 0 Å². The van der Waals surface area contributed by atoms with E-state index in [-0.39, 0.29) is 32.5 Å². The second-order valence-corrected chi connectivity index (χ2v) is 9.34. The molecule has 166 valence electrons. The highest BCUT2D eigenvalue weighted by Crippen LogP contribution is 2.39. The highest BCUT2D eigenvalue weighted by atomic mass is 32.1. The molecule has 1 unspecified atom stereocenters. The number of aryl methyl sites for hydroxylation is 1. The number of aliphatic hydroxyl groups excluding tert-OH is 1. The van der Waals surface area contributed by atoms with Crippen molar-refractivity contribution in [3.63, 3.8) is 0 Å². The van der Waals surface area contributed by atoms with Gasteiger partial charge in [0.15, 0.2) is 18.1 Å². The van der Waals surface area contributed by atoms with Crippen molar-refractivity contribution in [1.82, 2.24) is 10.3 Å². The van der Waals surface area contributed by atoms with Crippen LogP contribution in [-0.2, 0) is 4.79 Å². The number of carbonyl (C=O) groups excluding carboxylic acids is 1. The number of thiazole rings is 1. The number of aromatic nitrogens is 1. The first-order chi connectivity index (χ1) is 15.6. The van der Waals surface area contributed by atoms with Crippen LogP contribution in [-0.4, -0.2) is 48.7 Å². The average Bonchev–Trinajstić information content (AvgIpc) is 3.52. The van der Waals surface area contributed by atoms with Gasteiger partial charge in [-0.15, -0.1) is 22.7 Å². The van der Waals surface area contributed by atoms with Gasteiger partial charge in [-0.05, 0) is 30.5 Å². The lowest BCUT2D eigenvalue weighted by atomic mass is 10.2. The van der Waals surface area contributed by atoms with Crippen molar-refractivity contribution >= 4 is 48.9 Å². The van der Waals surface area contributed by atoms with Crippen molar-refractivity contribution in [3.8, 4) is 23.0 Å². The van der Waals surface area contributed by atoms with Crippen molar-refractivity contribution in [2.75, 3.05) is 26.6 Å². The number of amides is 1. The fourth-order valence-corrected chi connectivity index (χ4v) is 5.18. The van der Waals surface area contributed by atoms with E-state index in [4.69, 9.17) is 18.9 Å². The van der Waals surface area contributed by atoms with Crippen LogP contribution < -0.4 is 24.3 Å². The molecule has 2 N–H and O–H groups in total. The zero-order valence-corrected chi connectivity index (χ0v) is 18.8. The second-order valence-electron chi connectivity index (χ2n) is 7.19. The van der Waals surface area contributed by atoms with Crippen molar-refractivity contribution in [3.05, 3.63) is 40.7 Å². The Kier molecular flexibility index (Phi) is 5.73. The Morgan fingerprint density at radius 3 is 3.03 bits per heavy atom. The van der Waals surface area contributed by atoms with E-state index in [0.29, 0.717) is 23.0 Å². The van der Waals surface area contributed by atoms with E-state index in [0.717, 1.165) is 25.3 Å². The van der Waals surface area contributed by atoms with Gasteiger partial charge in [-0.2, -0.15) is 0 Å². The third-order valence-corrected chi connectivity index (χ3v) is 6.69. The van der Waals surface area contributed by atoms with E-state index in [9.17, 15) is 9.90 Å². The molecule has 0 spiro atoms. The third kappa shape index (κ3) is 4.29. The first-order valence-electron chi connectivity index (χ1n) is 9.94. The van der Waals surface area contributed by atoms with E-state index in [1.54, 1.807) is 40.9 Å². The largest absolute Gasteiger partial charge is 0.491 e.